The summed E-state index contributed by atoms with van der Waals surface area (Å²) < 4.78 is 12.2. The topological polar surface area (TPSA) is 43.1 Å². The minimum Gasteiger partial charge on any atom is -0.330 e. The molecule has 0 fully saturated rings. The molecule has 3 heteroatoms. The van der Waals surface area contributed by atoms with Gasteiger partial charge in [0.1, 0.15) is 0 Å². The number of hydrogen-bond acceptors (Lipinski definition) is 2. The summed E-state index contributed by atoms with van der Waals surface area (Å²) in [6, 6.07) is 8.17. The van der Waals surface area contributed by atoms with Crippen LogP contribution >= 0.6 is 0 Å². The summed E-state index contributed by atoms with van der Waals surface area (Å²) in [6.07, 6.45) is 1.99. The summed E-state index contributed by atoms with van der Waals surface area (Å²) in [4.78, 5) is 0.940. The summed E-state index contributed by atoms with van der Waals surface area (Å²) in [5.41, 5.74) is 7.16. The Labute approximate surface area is 120 Å². The fraction of sp³-hybridized carbons (Fsp3) is 0.625. The molecule has 0 aliphatic carbocycles. The number of hydrogen-bond donors (Lipinski definition) is 1. The molecule has 0 saturated heterocycles. The van der Waals surface area contributed by atoms with E-state index in [1.807, 2.05) is 12.1 Å². The second-order valence-electron chi connectivity index (χ2n) is 6.25. The van der Waals surface area contributed by atoms with E-state index in [2.05, 4.69) is 39.8 Å². The molecule has 0 aromatic heterocycles. The van der Waals surface area contributed by atoms with Gasteiger partial charge < -0.3 is 5.73 Å². The SMILES string of the molecule is CC(C)c1ccc(S(=O)CCCC(C)(C)CN)cc1. The van der Waals surface area contributed by atoms with Crippen LogP contribution in [0.4, 0.5) is 0 Å². The first-order valence-corrected chi connectivity index (χ1v) is 8.36. The van der Waals surface area contributed by atoms with Gasteiger partial charge in [0.05, 0.1) is 10.8 Å². The Morgan fingerprint density at radius 3 is 2.26 bits per heavy atom. The van der Waals surface area contributed by atoms with Crippen molar-refractivity contribution >= 4 is 10.8 Å². The zero-order valence-corrected chi connectivity index (χ0v) is 13.4. The van der Waals surface area contributed by atoms with Gasteiger partial charge in [0, 0.05) is 10.6 Å². The average molecular weight is 281 g/mol. The molecule has 0 heterocycles. The molecule has 108 valence electrons. The van der Waals surface area contributed by atoms with Crippen LogP contribution in [-0.4, -0.2) is 16.5 Å². The van der Waals surface area contributed by atoms with Crippen molar-refractivity contribution in [2.24, 2.45) is 11.1 Å². The highest BCUT2D eigenvalue weighted by Crippen LogP contribution is 2.22. The molecule has 0 saturated carbocycles. The van der Waals surface area contributed by atoms with Crippen LogP contribution in [0.15, 0.2) is 29.2 Å². The van der Waals surface area contributed by atoms with Gasteiger partial charge in [-0.1, -0.05) is 39.8 Å². The summed E-state index contributed by atoms with van der Waals surface area (Å²) in [5.74, 6) is 1.25. The van der Waals surface area contributed by atoms with E-state index in [1.165, 1.54) is 5.56 Å². The average Bonchev–Trinajstić information content (AvgIpc) is 2.38. The van der Waals surface area contributed by atoms with E-state index < -0.39 is 10.8 Å². The monoisotopic (exact) mass is 281 g/mol. The molecular formula is C16H27NOS. The summed E-state index contributed by atoms with van der Waals surface area (Å²) in [7, 11) is -0.882. The predicted molar refractivity (Wildman–Crippen MR) is 83.9 cm³/mol. The van der Waals surface area contributed by atoms with E-state index >= 15 is 0 Å². The zero-order chi connectivity index (χ0) is 14.5. The molecule has 0 radical (unpaired) electrons. The Morgan fingerprint density at radius 1 is 1.21 bits per heavy atom. The molecule has 1 atom stereocenters. The van der Waals surface area contributed by atoms with E-state index in [0.717, 1.165) is 23.5 Å². The molecular weight excluding hydrogens is 254 g/mol. The molecule has 0 bridgehead atoms. The number of nitrogens with two attached hydrogens (primary N) is 1. The molecule has 2 N–H and O–H groups in total. The van der Waals surface area contributed by atoms with Crippen LogP contribution in [0.1, 0.15) is 52.0 Å². The summed E-state index contributed by atoms with van der Waals surface area (Å²) in [5, 5.41) is 0. The van der Waals surface area contributed by atoms with Gasteiger partial charge in [-0.05, 0) is 48.4 Å². The molecule has 1 rings (SSSR count). The van der Waals surface area contributed by atoms with Crippen LogP contribution in [-0.2, 0) is 10.8 Å². The number of benzene rings is 1. The van der Waals surface area contributed by atoms with Crippen molar-refractivity contribution in [3.05, 3.63) is 29.8 Å². The smallest absolute Gasteiger partial charge is 0.0529 e. The molecule has 1 unspecified atom stereocenters. The van der Waals surface area contributed by atoms with Crippen molar-refractivity contribution < 1.29 is 4.21 Å². The Hall–Kier alpha value is -0.670. The molecule has 19 heavy (non-hydrogen) atoms. The summed E-state index contributed by atoms with van der Waals surface area (Å²) >= 11 is 0. The van der Waals surface area contributed by atoms with Crippen molar-refractivity contribution in [3.8, 4) is 0 Å². The Bertz CT molecular complexity index is 409. The molecule has 0 aliphatic rings. The number of rotatable bonds is 7. The van der Waals surface area contributed by atoms with Crippen molar-refractivity contribution in [3.63, 3.8) is 0 Å². The Kier molecular flexibility index (Phi) is 6.21. The highest BCUT2D eigenvalue weighted by Gasteiger charge is 2.15. The first kappa shape index (κ1) is 16.4. The second kappa shape index (κ2) is 7.20. The maximum Gasteiger partial charge on any atom is 0.0529 e. The maximum atomic E-state index is 12.2. The first-order valence-electron chi connectivity index (χ1n) is 7.04. The fourth-order valence-electron chi connectivity index (χ4n) is 1.91. The molecule has 0 amide bonds. The molecule has 1 aromatic rings. The molecule has 1 aromatic carbocycles. The lowest BCUT2D eigenvalue weighted by Gasteiger charge is -2.21. The van der Waals surface area contributed by atoms with Crippen LogP contribution in [0.25, 0.3) is 0 Å². The molecule has 2 nitrogen and oxygen atoms in total. The van der Waals surface area contributed by atoms with E-state index in [9.17, 15) is 4.21 Å². The normalized spacial score (nSPS) is 13.8. The summed E-state index contributed by atoms with van der Waals surface area (Å²) in [6.45, 7) is 9.34. The maximum absolute atomic E-state index is 12.2. The molecule has 0 aliphatic heterocycles. The van der Waals surface area contributed by atoms with E-state index in [1.54, 1.807) is 0 Å². The lowest BCUT2D eigenvalue weighted by atomic mass is 9.88. The van der Waals surface area contributed by atoms with Gasteiger partial charge in [0.15, 0.2) is 0 Å². The lowest BCUT2D eigenvalue weighted by molar-refractivity contribution is 0.344. The van der Waals surface area contributed by atoms with Gasteiger partial charge in [-0.2, -0.15) is 0 Å². The van der Waals surface area contributed by atoms with Crippen molar-refractivity contribution in [1.82, 2.24) is 0 Å². The second-order valence-corrected chi connectivity index (χ2v) is 7.82. The van der Waals surface area contributed by atoms with Crippen LogP contribution in [0.2, 0.25) is 0 Å². The standard InChI is InChI=1S/C16H27NOS/c1-13(2)14-6-8-15(9-7-14)19(18)11-5-10-16(3,4)12-17/h6-9,13H,5,10-12,17H2,1-4H3. The van der Waals surface area contributed by atoms with Crippen molar-refractivity contribution in [2.45, 2.75) is 51.3 Å². The predicted octanol–water partition coefficient (Wildman–Crippen LogP) is 3.68. The van der Waals surface area contributed by atoms with Gasteiger partial charge >= 0.3 is 0 Å². The van der Waals surface area contributed by atoms with Gasteiger partial charge in [0.2, 0.25) is 0 Å². The van der Waals surface area contributed by atoms with Crippen LogP contribution in [0, 0.1) is 5.41 Å². The molecule has 0 spiro atoms. The lowest BCUT2D eigenvalue weighted by Crippen LogP contribution is -2.23. The third-order valence-corrected chi connectivity index (χ3v) is 5.00. The van der Waals surface area contributed by atoms with Crippen molar-refractivity contribution in [2.75, 3.05) is 12.3 Å². The van der Waals surface area contributed by atoms with E-state index in [-0.39, 0.29) is 5.41 Å². The highest BCUT2D eigenvalue weighted by atomic mass is 32.2. The first-order chi connectivity index (χ1) is 8.85. The minimum absolute atomic E-state index is 0.158. The fourth-order valence-corrected chi connectivity index (χ4v) is 2.99. The Balaban J connectivity index is 2.50. The van der Waals surface area contributed by atoms with Gasteiger partial charge in [-0.3, -0.25) is 4.21 Å². The van der Waals surface area contributed by atoms with Gasteiger partial charge in [-0.15, -0.1) is 0 Å². The zero-order valence-electron chi connectivity index (χ0n) is 12.6. The largest absolute Gasteiger partial charge is 0.330 e. The van der Waals surface area contributed by atoms with Gasteiger partial charge in [0.25, 0.3) is 0 Å². The van der Waals surface area contributed by atoms with Crippen LogP contribution in [0.3, 0.4) is 0 Å². The van der Waals surface area contributed by atoms with E-state index in [4.69, 9.17) is 5.73 Å². The van der Waals surface area contributed by atoms with Gasteiger partial charge in [-0.25, -0.2) is 0 Å². The Morgan fingerprint density at radius 2 is 1.79 bits per heavy atom. The van der Waals surface area contributed by atoms with Crippen LogP contribution < -0.4 is 5.73 Å². The third kappa shape index (κ3) is 5.45. The van der Waals surface area contributed by atoms with E-state index in [0.29, 0.717) is 12.5 Å². The van der Waals surface area contributed by atoms with Crippen molar-refractivity contribution in [1.29, 1.82) is 0 Å². The minimum atomic E-state index is -0.882. The quantitative estimate of drug-likeness (QED) is 0.828. The van der Waals surface area contributed by atoms with Crippen LogP contribution in [0.5, 0.6) is 0 Å². The highest BCUT2D eigenvalue weighted by molar-refractivity contribution is 7.85. The third-order valence-electron chi connectivity index (χ3n) is 3.55.